The lowest BCUT2D eigenvalue weighted by atomic mass is 10.1. The molecule has 6 nitrogen and oxygen atoms in total. The van der Waals surface area contributed by atoms with E-state index in [1.54, 1.807) is 7.11 Å². The van der Waals surface area contributed by atoms with E-state index in [4.69, 9.17) is 15.7 Å². The Morgan fingerprint density at radius 2 is 2.19 bits per heavy atom. The van der Waals surface area contributed by atoms with Crippen LogP contribution < -0.4 is 10.6 Å². The predicted molar refractivity (Wildman–Crippen MR) is 85.2 cm³/mol. The molecule has 0 bridgehead atoms. The summed E-state index contributed by atoms with van der Waals surface area (Å²) in [5.41, 5.74) is 8.38. The normalized spacial score (nSPS) is 13.3. The molecule has 1 atom stereocenters. The average Bonchev–Trinajstić information content (AvgIpc) is 2.46. The van der Waals surface area contributed by atoms with Crippen LogP contribution in [0.3, 0.4) is 0 Å². The fraction of sp³-hybridized carbons (Fsp3) is 0.600. The first-order valence-electron chi connectivity index (χ1n) is 7.17. The minimum atomic E-state index is 0.0840. The van der Waals surface area contributed by atoms with Crippen LogP contribution in [-0.2, 0) is 4.74 Å². The summed E-state index contributed by atoms with van der Waals surface area (Å²) >= 11 is 0. The van der Waals surface area contributed by atoms with Gasteiger partial charge in [-0.25, -0.2) is 4.98 Å². The number of anilines is 1. The van der Waals surface area contributed by atoms with E-state index in [-0.39, 0.29) is 11.9 Å². The number of hydrogen-bond donors (Lipinski definition) is 2. The van der Waals surface area contributed by atoms with Crippen molar-refractivity contribution < 1.29 is 9.94 Å². The summed E-state index contributed by atoms with van der Waals surface area (Å²) in [6, 6.07) is 2.21. The van der Waals surface area contributed by atoms with Crippen molar-refractivity contribution in [2.45, 2.75) is 40.2 Å². The number of oxime groups is 1. The number of hydrogen-bond acceptors (Lipinski definition) is 5. The number of nitrogens with zero attached hydrogens (tertiary/aromatic N) is 3. The molecule has 0 spiro atoms. The standard InChI is InChI=1S/C15H26N4O2/c1-6-12(4)19(7-8-21-5)15-13(14(16)18-20)10(2)9-11(3)17-15/h9,12,20H,6-8H2,1-5H3,(H2,16,18). The first-order valence-corrected chi connectivity index (χ1v) is 7.17. The van der Waals surface area contributed by atoms with Gasteiger partial charge >= 0.3 is 0 Å². The monoisotopic (exact) mass is 294 g/mol. The van der Waals surface area contributed by atoms with Crippen LogP contribution in [0.4, 0.5) is 5.82 Å². The van der Waals surface area contributed by atoms with Crippen LogP contribution in [0.15, 0.2) is 11.2 Å². The minimum Gasteiger partial charge on any atom is -0.409 e. The molecule has 6 heteroatoms. The van der Waals surface area contributed by atoms with Gasteiger partial charge in [-0.3, -0.25) is 0 Å². The number of amidine groups is 1. The molecule has 21 heavy (non-hydrogen) atoms. The number of nitrogens with two attached hydrogens (primary N) is 1. The Kier molecular flexibility index (Phi) is 6.42. The van der Waals surface area contributed by atoms with Crippen LogP contribution in [-0.4, -0.2) is 42.3 Å². The highest BCUT2D eigenvalue weighted by Gasteiger charge is 2.22. The number of aryl methyl sites for hydroxylation is 2. The smallest absolute Gasteiger partial charge is 0.174 e. The Labute approximate surface area is 126 Å². The molecule has 0 radical (unpaired) electrons. The van der Waals surface area contributed by atoms with Gasteiger partial charge in [0.25, 0.3) is 0 Å². The topological polar surface area (TPSA) is 84.0 Å². The van der Waals surface area contributed by atoms with Gasteiger partial charge in [-0.15, -0.1) is 0 Å². The van der Waals surface area contributed by atoms with Gasteiger partial charge < -0.3 is 20.6 Å². The molecule has 0 aromatic carbocycles. The molecule has 1 aromatic rings. The van der Waals surface area contributed by atoms with E-state index in [0.29, 0.717) is 18.7 Å². The van der Waals surface area contributed by atoms with Gasteiger partial charge in [0.1, 0.15) is 5.82 Å². The molecule has 0 aliphatic heterocycles. The van der Waals surface area contributed by atoms with Crippen molar-refractivity contribution in [3.05, 3.63) is 22.9 Å². The molecule has 0 saturated carbocycles. The Morgan fingerprint density at radius 3 is 2.71 bits per heavy atom. The van der Waals surface area contributed by atoms with Crippen LogP contribution in [0, 0.1) is 13.8 Å². The molecular formula is C15H26N4O2. The van der Waals surface area contributed by atoms with E-state index in [1.807, 2.05) is 19.9 Å². The molecule has 1 rings (SSSR count). The van der Waals surface area contributed by atoms with Gasteiger partial charge in [0.05, 0.1) is 12.2 Å². The number of aromatic nitrogens is 1. The predicted octanol–water partition coefficient (Wildman–Crippen LogP) is 2.04. The second-order valence-electron chi connectivity index (χ2n) is 5.21. The number of pyridine rings is 1. The summed E-state index contributed by atoms with van der Waals surface area (Å²) in [5.74, 6) is 0.829. The quantitative estimate of drug-likeness (QED) is 0.348. The summed E-state index contributed by atoms with van der Waals surface area (Å²) in [5, 5.41) is 12.2. The first-order chi connectivity index (χ1) is 9.96. The van der Waals surface area contributed by atoms with Gasteiger partial charge in [-0.1, -0.05) is 12.1 Å². The Hall–Kier alpha value is -1.82. The summed E-state index contributed by atoms with van der Waals surface area (Å²) in [7, 11) is 1.67. The Morgan fingerprint density at radius 1 is 1.52 bits per heavy atom. The molecule has 1 aromatic heterocycles. The number of methoxy groups -OCH3 is 1. The minimum absolute atomic E-state index is 0.0840. The molecular weight excluding hydrogens is 268 g/mol. The highest BCUT2D eigenvalue weighted by atomic mass is 16.5. The molecule has 0 aliphatic carbocycles. The second-order valence-corrected chi connectivity index (χ2v) is 5.21. The maximum absolute atomic E-state index is 9.05. The summed E-state index contributed by atoms with van der Waals surface area (Å²) in [4.78, 5) is 6.77. The average molecular weight is 294 g/mol. The maximum atomic E-state index is 9.05. The molecule has 0 fully saturated rings. The van der Waals surface area contributed by atoms with Gasteiger partial charge in [0, 0.05) is 25.4 Å². The number of rotatable bonds is 7. The van der Waals surface area contributed by atoms with Crippen LogP contribution in [0.25, 0.3) is 0 Å². The van der Waals surface area contributed by atoms with E-state index < -0.39 is 0 Å². The lowest BCUT2D eigenvalue weighted by Gasteiger charge is -2.31. The SMILES string of the molecule is CCC(C)N(CCOC)c1nc(C)cc(C)c1C(N)=NO. The highest BCUT2D eigenvalue weighted by molar-refractivity contribution is 6.02. The number of ether oxygens (including phenoxy) is 1. The van der Waals surface area contributed by atoms with E-state index in [2.05, 4.69) is 28.9 Å². The summed E-state index contributed by atoms with van der Waals surface area (Å²) < 4.78 is 5.20. The third-order valence-corrected chi connectivity index (χ3v) is 3.62. The van der Waals surface area contributed by atoms with Crippen molar-refractivity contribution in [2.24, 2.45) is 10.9 Å². The van der Waals surface area contributed by atoms with Crippen molar-refractivity contribution in [1.29, 1.82) is 0 Å². The molecule has 0 aliphatic rings. The lowest BCUT2D eigenvalue weighted by Crippen LogP contribution is -2.38. The molecule has 0 amide bonds. The zero-order chi connectivity index (χ0) is 16.0. The van der Waals surface area contributed by atoms with Crippen LogP contribution in [0.2, 0.25) is 0 Å². The summed E-state index contributed by atoms with van der Waals surface area (Å²) in [6.07, 6.45) is 0.966. The van der Waals surface area contributed by atoms with E-state index in [9.17, 15) is 0 Å². The largest absolute Gasteiger partial charge is 0.409 e. The third-order valence-electron chi connectivity index (χ3n) is 3.62. The highest BCUT2D eigenvalue weighted by Crippen LogP contribution is 2.25. The summed E-state index contributed by atoms with van der Waals surface area (Å²) in [6.45, 7) is 9.43. The van der Waals surface area contributed by atoms with Crippen molar-refractivity contribution in [2.75, 3.05) is 25.2 Å². The molecule has 3 N–H and O–H groups in total. The molecule has 0 saturated heterocycles. The molecule has 1 heterocycles. The van der Waals surface area contributed by atoms with E-state index in [0.717, 1.165) is 23.5 Å². The second kappa shape index (κ2) is 7.83. The van der Waals surface area contributed by atoms with E-state index in [1.165, 1.54) is 0 Å². The molecule has 1 unspecified atom stereocenters. The Balaban J connectivity index is 3.40. The zero-order valence-corrected chi connectivity index (χ0v) is 13.6. The molecule has 118 valence electrons. The fourth-order valence-corrected chi connectivity index (χ4v) is 2.34. The first kappa shape index (κ1) is 17.2. The zero-order valence-electron chi connectivity index (χ0n) is 13.6. The fourth-order valence-electron chi connectivity index (χ4n) is 2.34. The van der Waals surface area contributed by atoms with Crippen molar-refractivity contribution in [3.8, 4) is 0 Å². The van der Waals surface area contributed by atoms with Crippen LogP contribution in [0.5, 0.6) is 0 Å². The van der Waals surface area contributed by atoms with Crippen molar-refractivity contribution in [3.63, 3.8) is 0 Å². The van der Waals surface area contributed by atoms with Gasteiger partial charge in [-0.2, -0.15) is 0 Å². The van der Waals surface area contributed by atoms with Gasteiger partial charge in [0.2, 0.25) is 0 Å². The van der Waals surface area contributed by atoms with Gasteiger partial charge in [-0.05, 0) is 38.8 Å². The van der Waals surface area contributed by atoms with Crippen molar-refractivity contribution >= 4 is 11.7 Å². The van der Waals surface area contributed by atoms with E-state index >= 15 is 0 Å². The van der Waals surface area contributed by atoms with Gasteiger partial charge in [0.15, 0.2) is 5.84 Å². The Bertz CT molecular complexity index is 503. The van der Waals surface area contributed by atoms with Crippen LogP contribution >= 0.6 is 0 Å². The maximum Gasteiger partial charge on any atom is 0.174 e. The van der Waals surface area contributed by atoms with Crippen molar-refractivity contribution in [1.82, 2.24) is 4.98 Å². The lowest BCUT2D eigenvalue weighted by molar-refractivity contribution is 0.203. The van der Waals surface area contributed by atoms with Crippen LogP contribution in [0.1, 0.15) is 37.1 Å². The third kappa shape index (κ3) is 4.07.